The van der Waals surface area contributed by atoms with E-state index in [0.717, 1.165) is 43.8 Å². The van der Waals surface area contributed by atoms with Crippen molar-refractivity contribution in [1.82, 2.24) is 15.5 Å². The van der Waals surface area contributed by atoms with E-state index in [1.54, 1.807) is 11.8 Å². The molecule has 1 N–H and O–H groups in total. The molecule has 1 atom stereocenters. The molecule has 3 rings (SSSR count). The molecule has 21 heavy (non-hydrogen) atoms. The second-order valence-corrected chi connectivity index (χ2v) is 6.49. The fourth-order valence-corrected chi connectivity index (χ4v) is 3.43. The Labute approximate surface area is 129 Å². The smallest absolute Gasteiger partial charge is 0.234 e. The number of nitrogens with zero attached hydrogens (tertiary/aromatic N) is 2. The van der Waals surface area contributed by atoms with Gasteiger partial charge in [-0.1, -0.05) is 18.5 Å². The third kappa shape index (κ3) is 2.85. The summed E-state index contributed by atoms with van der Waals surface area (Å²) in [5.41, 5.74) is 1.04. The summed E-state index contributed by atoms with van der Waals surface area (Å²) in [5.74, 6) is 1.48. The number of nitrogens with one attached hydrogen (secondary N) is 1. The van der Waals surface area contributed by atoms with E-state index in [-0.39, 0.29) is 5.41 Å². The third-order valence-corrected chi connectivity index (χ3v) is 4.94. The number of benzene rings is 1. The number of aromatic nitrogens is 2. The molecule has 0 amide bonds. The van der Waals surface area contributed by atoms with Crippen molar-refractivity contribution in [2.45, 2.75) is 36.5 Å². The van der Waals surface area contributed by atoms with E-state index < -0.39 is 0 Å². The van der Waals surface area contributed by atoms with Crippen LogP contribution in [0.2, 0.25) is 0 Å². The Morgan fingerprint density at radius 3 is 2.76 bits per heavy atom. The molecular weight excluding hydrogens is 282 g/mol. The molecule has 112 valence electrons. The molecule has 0 spiro atoms. The number of thioether (sulfide) groups is 1. The zero-order valence-corrected chi connectivity index (χ0v) is 13.4. The highest BCUT2D eigenvalue weighted by Crippen LogP contribution is 2.35. The summed E-state index contributed by atoms with van der Waals surface area (Å²) in [7, 11) is 0. The van der Waals surface area contributed by atoms with Gasteiger partial charge in [0.1, 0.15) is 0 Å². The highest BCUT2D eigenvalue weighted by molar-refractivity contribution is 7.98. The fourth-order valence-electron chi connectivity index (χ4n) is 3.02. The molecule has 1 aliphatic heterocycles. The minimum Gasteiger partial charge on any atom is -0.338 e. The lowest BCUT2D eigenvalue weighted by Crippen LogP contribution is -2.29. The molecule has 4 nitrogen and oxygen atoms in total. The summed E-state index contributed by atoms with van der Waals surface area (Å²) in [5, 5.41) is 7.62. The van der Waals surface area contributed by atoms with Gasteiger partial charge in [0.2, 0.25) is 11.7 Å². The molecule has 1 unspecified atom stereocenters. The summed E-state index contributed by atoms with van der Waals surface area (Å²) in [4.78, 5) is 5.92. The molecule has 1 saturated heterocycles. The summed E-state index contributed by atoms with van der Waals surface area (Å²) >= 11 is 1.73. The molecule has 0 aliphatic carbocycles. The molecule has 2 aromatic rings. The topological polar surface area (TPSA) is 51.0 Å². The van der Waals surface area contributed by atoms with Crippen LogP contribution < -0.4 is 5.32 Å². The van der Waals surface area contributed by atoms with Gasteiger partial charge in [-0.05, 0) is 49.9 Å². The molecule has 1 aromatic heterocycles. The molecule has 1 aromatic carbocycles. The van der Waals surface area contributed by atoms with Gasteiger partial charge in [-0.15, -0.1) is 11.8 Å². The van der Waals surface area contributed by atoms with E-state index in [4.69, 9.17) is 4.52 Å². The Morgan fingerprint density at radius 1 is 1.33 bits per heavy atom. The summed E-state index contributed by atoms with van der Waals surface area (Å²) < 4.78 is 5.61. The van der Waals surface area contributed by atoms with E-state index in [9.17, 15) is 0 Å². The monoisotopic (exact) mass is 303 g/mol. The maximum absolute atomic E-state index is 5.61. The zero-order valence-electron chi connectivity index (χ0n) is 12.6. The van der Waals surface area contributed by atoms with Crippen molar-refractivity contribution in [3.8, 4) is 11.4 Å². The normalized spacial score (nSPS) is 21.8. The van der Waals surface area contributed by atoms with Crippen LogP contribution >= 0.6 is 11.8 Å². The van der Waals surface area contributed by atoms with Crippen molar-refractivity contribution in [2.75, 3.05) is 19.3 Å². The molecular formula is C16H21N3OS. The molecule has 0 radical (unpaired) electrons. The van der Waals surface area contributed by atoms with Crippen molar-refractivity contribution < 1.29 is 4.52 Å². The second-order valence-electron chi connectivity index (χ2n) is 5.61. The number of rotatable bonds is 5. The Hall–Kier alpha value is -1.33. The van der Waals surface area contributed by atoms with Crippen molar-refractivity contribution >= 4 is 11.8 Å². The first kappa shape index (κ1) is 14.6. The molecule has 0 saturated carbocycles. The van der Waals surface area contributed by atoms with Crippen molar-refractivity contribution in [1.29, 1.82) is 0 Å². The summed E-state index contributed by atoms with van der Waals surface area (Å²) in [6.07, 6.45) is 5.37. The minimum absolute atomic E-state index is 0.0270. The summed E-state index contributed by atoms with van der Waals surface area (Å²) in [6, 6.07) is 8.30. The molecule has 5 heteroatoms. The summed E-state index contributed by atoms with van der Waals surface area (Å²) in [6.45, 7) is 4.17. The second kappa shape index (κ2) is 6.20. The van der Waals surface area contributed by atoms with Gasteiger partial charge in [0, 0.05) is 17.0 Å². The van der Waals surface area contributed by atoms with Gasteiger partial charge >= 0.3 is 0 Å². The van der Waals surface area contributed by atoms with Crippen molar-refractivity contribution in [3.63, 3.8) is 0 Å². The first-order chi connectivity index (χ1) is 10.3. The van der Waals surface area contributed by atoms with Crippen LogP contribution in [-0.4, -0.2) is 29.5 Å². The van der Waals surface area contributed by atoms with Crippen LogP contribution in [0.4, 0.5) is 0 Å². The van der Waals surface area contributed by atoms with Crippen LogP contribution in [0.5, 0.6) is 0 Å². The van der Waals surface area contributed by atoms with E-state index in [0.29, 0.717) is 5.82 Å². The molecule has 0 bridgehead atoms. The Balaban J connectivity index is 1.87. The van der Waals surface area contributed by atoms with Gasteiger partial charge in [0.05, 0.1) is 5.41 Å². The zero-order chi connectivity index (χ0) is 14.7. The highest BCUT2D eigenvalue weighted by atomic mass is 32.2. The van der Waals surface area contributed by atoms with Crippen LogP contribution in [0.15, 0.2) is 33.7 Å². The average Bonchev–Trinajstić information content (AvgIpc) is 3.17. The van der Waals surface area contributed by atoms with Crippen LogP contribution in [0.25, 0.3) is 11.4 Å². The Bertz CT molecular complexity index is 588. The molecule has 2 heterocycles. The van der Waals surface area contributed by atoms with Gasteiger partial charge in [0.15, 0.2) is 0 Å². The first-order valence-corrected chi connectivity index (χ1v) is 8.69. The Kier molecular flexibility index (Phi) is 4.31. The lowest BCUT2D eigenvalue weighted by molar-refractivity contribution is 0.277. The minimum atomic E-state index is 0.0270. The lowest BCUT2D eigenvalue weighted by Gasteiger charge is -2.22. The standard InChI is InChI=1S/C16H21N3OS/c1-3-8-16(9-10-17-11-16)15-18-14(19-20-15)12-4-6-13(21-2)7-5-12/h4-7,17H,3,8-11H2,1-2H3. The van der Waals surface area contributed by atoms with Crippen molar-refractivity contribution in [3.05, 3.63) is 30.2 Å². The van der Waals surface area contributed by atoms with Gasteiger partial charge < -0.3 is 9.84 Å². The fraction of sp³-hybridized carbons (Fsp3) is 0.500. The first-order valence-electron chi connectivity index (χ1n) is 7.47. The van der Waals surface area contributed by atoms with E-state index >= 15 is 0 Å². The van der Waals surface area contributed by atoms with Crippen molar-refractivity contribution in [2.24, 2.45) is 0 Å². The quantitative estimate of drug-likeness (QED) is 0.857. The number of hydrogen-bond donors (Lipinski definition) is 1. The Morgan fingerprint density at radius 2 is 2.14 bits per heavy atom. The van der Waals surface area contributed by atoms with Gasteiger partial charge in [-0.3, -0.25) is 0 Å². The van der Waals surface area contributed by atoms with Crippen LogP contribution in [0.1, 0.15) is 32.1 Å². The largest absolute Gasteiger partial charge is 0.338 e. The predicted molar refractivity (Wildman–Crippen MR) is 85.6 cm³/mol. The van der Waals surface area contributed by atoms with E-state index in [1.807, 2.05) is 0 Å². The lowest BCUT2D eigenvalue weighted by atomic mass is 9.82. The van der Waals surface area contributed by atoms with Gasteiger partial charge in [-0.25, -0.2) is 0 Å². The third-order valence-electron chi connectivity index (χ3n) is 4.20. The highest BCUT2D eigenvalue weighted by Gasteiger charge is 2.40. The SMILES string of the molecule is CCCC1(c2nc(-c3ccc(SC)cc3)no2)CCNC1. The van der Waals surface area contributed by atoms with Crippen LogP contribution in [0.3, 0.4) is 0 Å². The average molecular weight is 303 g/mol. The van der Waals surface area contributed by atoms with E-state index in [1.165, 1.54) is 4.90 Å². The van der Waals surface area contributed by atoms with Crippen LogP contribution in [-0.2, 0) is 5.41 Å². The van der Waals surface area contributed by atoms with Gasteiger partial charge in [-0.2, -0.15) is 4.98 Å². The van der Waals surface area contributed by atoms with E-state index in [2.05, 4.69) is 52.9 Å². The predicted octanol–water partition coefficient (Wildman–Crippen LogP) is 3.49. The van der Waals surface area contributed by atoms with Crippen LogP contribution in [0, 0.1) is 0 Å². The molecule has 1 aliphatic rings. The van der Waals surface area contributed by atoms with Gasteiger partial charge in [0.25, 0.3) is 0 Å². The maximum Gasteiger partial charge on any atom is 0.234 e. The molecule has 1 fully saturated rings. The number of hydrogen-bond acceptors (Lipinski definition) is 5. The maximum atomic E-state index is 5.61.